The molecule has 4 heteroatoms. The van der Waals surface area contributed by atoms with Crippen LogP contribution in [0.4, 0.5) is 0 Å². The predicted octanol–water partition coefficient (Wildman–Crippen LogP) is 2.31. The van der Waals surface area contributed by atoms with Crippen LogP contribution >= 0.6 is 0 Å². The Hall–Kier alpha value is -1.39. The number of hydrogen-bond acceptors (Lipinski definition) is 4. The summed E-state index contributed by atoms with van der Waals surface area (Å²) in [7, 11) is 0. The number of carbonyl (C=O) groups excluding carboxylic acids is 1. The Kier molecular flexibility index (Phi) is 5.56. The summed E-state index contributed by atoms with van der Waals surface area (Å²) >= 11 is 0. The first-order valence-electron chi connectivity index (χ1n) is 7.27. The number of esters is 1. The van der Waals surface area contributed by atoms with E-state index >= 15 is 0 Å². The van der Waals surface area contributed by atoms with Gasteiger partial charge in [-0.1, -0.05) is 30.3 Å². The Bertz CT molecular complexity index is 421. The smallest absolute Gasteiger partial charge is 0.310 e. The molecule has 2 rings (SSSR count). The second-order valence-corrected chi connectivity index (χ2v) is 5.13. The fraction of sp³-hybridized carbons (Fsp3) is 0.562. The molecule has 110 valence electrons. The highest BCUT2D eigenvalue weighted by Crippen LogP contribution is 2.21. The van der Waals surface area contributed by atoms with E-state index < -0.39 is 0 Å². The monoisotopic (exact) mass is 277 g/mol. The maximum Gasteiger partial charge on any atom is 0.310 e. The third kappa shape index (κ3) is 3.81. The van der Waals surface area contributed by atoms with Crippen LogP contribution in [-0.2, 0) is 14.3 Å². The van der Waals surface area contributed by atoms with Gasteiger partial charge < -0.3 is 14.8 Å². The molecule has 0 radical (unpaired) electrons. The highest BCUT2D eigenvalue weighted by molar-refractivity contribution is 5.73. The van der Waals surface area contributed by atoms with E-state index in [1.807, 2.05) is 25.1 Å². The summed E-state index contributed by atoms with van der Waals surface area (Å²) in [4.78, 5) is 12.0. The third-order valence-electron chi connectivity index (χ3n) is 3.71. The molecule has 1 aromatic rings. The van der Waals surface area contributed by atoms with Gasteiger partial charge in [0.05, 0.1) is 19.1 Å². The summed E-state index contributed by atoms with van der Waals surface area (Å²) in [6, 6.07) is 10.4. The minimum absolute atomic E-state index is 0.0120. The van der Waals surface area contributed by atoms with Crippen LogP contribution in [0, 0.1) is 5.92 Å². The molecule has 1 aliphatic rings. The van der Waals surface area contributed by atoms with Crippen molar-refractivity contribution in [1.29, 1.82) is 0 Å². The minimum Gasteiger partial charge on any atom is -0.466 e. The van der Waals surface area contributed by atoms with E-state index in [1.54, 1.807) is 0 Å². The van der Waals surface area contributed by atoms with Crippen LogP contribution in [0.5, 0.6) is 0 Å². The van der Waals surface area contributed by atoms with Gasteiger partial charge in [0.25, 0.3) is 0 Å². The quantitative estimate of drug-likeness (QED) is 0.839. The molecule has 1 aliphatic heterocycles. The molecular weight excluding hydrogens is 254 g/mol. The van der Waals surface area contributed by atoms with Crippen molar-refractivity contribution in [2.24, 2.45) is 5.92 Å². The molecule has 0 spiro atoms. The number of ether oxygens (including phenoxy) is 2. The molecule has 1 N–H and O–H groups in total. The molecule has 20 heavy (non-hydrogen) atoms. The summed E-state index contributed by atoms with van der Waals surface area (Å²) in [6.07, 6.45) is 0.720. The summed E-state index contributed by atoms with van der Waals surface area (Å²) in [5.41, 5.74) is 1.21. The predicted molar refractivity (Wildman–Crippen MR) is 77.3 cm³/mol. The molecule has 1 unspecified atom stereocenters. The van der Waals surface area contributed by atoms with E-state index in [1.165, 1.54) is 5.56 Å². The minimum atomic E-state index is -0.117. The van der Waals surface area contributed by atoms with Crippen molar-refractivity contribution in [3.63, 3.8) is 0 Å². The largest absolute Gasteiger partial charge is 0.466 e. The number of rotatable bonds is 5. The Morgan fingerprint density at radius 1 is 1.45 bits per heavy atom. The second kappa shape index (κ2) is 7.41. The average Bonchev–Trinajstić information content (AvgIpc) is 2.49. The molecule has 0 aliphatic carbocycles. The highest BCUT2D eigenvalue weighted by atomic mass is 16.5. The first-order valence-corrected chi connectivity index (χ1v) is 7.27. The van der Waals surface area contributed by atoms with Gasteiger partial charge in [-0.3, -0.25) is 4.79 Å². The summed E-state index contributed by atoms with van der Waals surface area (Å²) in [6.45, 7) is 5.55. The van der Waals surface area contributed by atoms with E-state index in [0.29, 0.717) is 19.8 Å². The van der Waals surface area contributed by atoms with Crippen LogP contribution in [-0.4, -0.2) is 31.8 Å². The zero-order valence-corrected chi connectivity index (χ0v) is 12.2. The van der Waals surface area contributed by atoms with Crippen LogP contribution in [0.25, 0.3) is 0 Å². The van der Waals surface area contributed by atoms with Crippen molar-refractivity contribution < 1.29 is 14.3 Å². The lowest BCUT2D eigenvalue weighted by Gasteiger charge is -2.33. The zero-order valence-electron chi connectivity index (χ0n) is 12.2. The lowest BCUT2D eigenvalue weighted by molar-refractivity contribution is -0.152. The van der Waals surface area contributed by atoms with Crippen molar-refractivity contribution in [1.82, 2.24) is 5.32 Å². The van der Waals surface area contributed by atoms with Crippen LogP contribution in [0.3, 0.4) is 0 Å². The zero-order chi connectivity index (χ0) is 14.4. The lowest BCUT2D eigenvalue weighted by Crippen LogP contribution is -2.48. The van der Waals surface area contributed by atoms with Crippen LogP contribution in [0.15, 0.2) is 30.3 Å². The fourth-order valence-corrected chi connectivity index (χ4v) is 2.59. The van der Waals surface area contributed by atoms with Crippen molar-refractivity contribution in [2.45, 2.75) is 32.4 Å². The van der Waals surface area contributed by atoms with Crippen molar-refractivity contribution in [3.8, 4) is 0 Å². The topological polar surface area (TPSA) is 47.6 Å². The molecule has 1 heterocycles. The molecule has 4 nitrogen and oxygen atoms in total. The lowest BCUT2D eigenvalue weighted by atomic mass is 9.93. The fourth-order valence-electron chi connectivity index (χ4n) is 2.59. The van der Waals surface area contributed by atoms with E-state index in [9.17, 15) is 4.79 Å². The van der Waals surface area contributed by atoms with Gasteiger partial charge in [0.15, 0.2) is 0 Å². The third-order valence-corrected chi connectivity index (χ3v) is 3.71. The van der Waals surface area contributed by atoms with Gasteiger partial charge in [-0.25, -0.2) is 0 Å². The Morgan fingerprint density at radius 2 is 2.20 bits per heavy atom. The van der Waals surface area contributed by atoms with Crippen molar-refractivity contribution in [3.05, 3.63) is 35.9 Å². The van der Waals surface area contributed by atoms with Gasteiger partial charge >= 0.3 is 5.97 Å². The first kappa shape index (κ1) is 15.0. The van der Waals surface area contributed by atoms with Gasteiger partial charge in [-0.05, 0) is 25.8 Å². The molecule has 0 aromatic heterocycles. The summed E-state index contributed by atoms with van der Waals surface area (Å²) in [5, 5.41) is 3.50. The molecule has 3 atom stereocenters. The molecule has 1 aromatic carbocycles. The highest BCUT2D eigenvalue weighted by Gasteiger charge is 2.33. The molecule has 0 amide bonds. The number of carbonyl (C=O) groups is 1. The maximum absolute atomic E-state index is 12.0. The number of hydrogen-bond donors (Lipinski definition) is 1. The van der Waals surface area contributed by atoms with Crippen molar-refractivity contribution >= 4 is 5.97 Å². The molecule has 0 bridgehead atoms. The van der Waals surface area contributed by atoms with E-state index in [-0.39, 0.29) is 24.0 Å². The van der Waals surface area contributed by atoms with Gasteiger partial charge in [0.1, 0.15) is 0 Å². The molecule has 1 fully saturated rings. The average molecular weight is 277 g/mol. The summed E-state index contributed by atoms with van der Waals surface area (Å²) in [5.74, 6) is -0.233. The summed E-state index contributed by atoms with van der Waals surface area (Å²) < 4.78 is 10.7. The molecular formula is C16H23NO3. The molecule has 1 saturated heterocycles. The Labute approximate surface area is 120 Å². The normalized spacial score (nSPS) is 24.1. The van der Waals surface area contributed by atoms with Crippen LogP contribution < -0.4 is 5.32 Å². The Morgan fingerprint density at radius 3 is 2.90 bits per heavy atom. The number of nitrogens with one attached hydrogen (secondary N) is 1. The maximum atomic E-state index is 12.0. The standard InChI is InChI=1S/C16H23NO3/c1-3-20-16(18)14-9-10-19-11-15(14)17-12(2)13-7-5-4-6-8-13/h4-8,12,14-15,17H,3,9-11H2,1-2H3/t12?,14-,15+/m0/s1. The second-order valence-electron chi connectivity index (χ2n) is 5.13. The van der Waals surface area contributed by atoms with Gasteiger partial charge in [-0.2, -0.15) is 0 Å². The van der Waals surface area contributed by atoms with Gasteiger partial charge in [0, 0.05) is 18.7 Å². The van der Waals surface area contributed by atoms with Crippen molar-refractivity contribution in [2.75, 3.05) is 19.8 Å². The van der Waals surface area contributed by atoms with E-state index in [2.05, 4.69) is 24.4 Å². The SMILES string of the molecule is CCOC(=O)[C@H]1CCOC[C@H]1NC(C)c1ccccc1. The van der Waals surface area contributed by atoms with Gasteiger partial charge in [-0.15, -0.1) is 0 Å². The number of benzene rings is 1. The van der Waals surface area contributed by atoms with Gasteiger partial charge in [0.2, 0.25) is 0 Å². The van der Waals surface area contributed by atoms with E-state index in [0.717, 1.165) is 6.42 Å². The molecule has 0 saturated carbocycles. The van der Waals surface area contributed by atoms with Crippen LogP contribution in [0.2, 0.25) is 0 Å². The Balaban J connectivity index is 2.00. The van der Waals surface area contributed by atoms with E-state index in [4.69, 9.17) is 9.47 Å². The van der Waals surface area contributed by atoms with Crippen LogP contribution in [0.1, 0.15) is 31.9 Å². The first-order chi connectivity index (χ1) is 9.72.